The van der Waals surface area contributed by atoms with Gasteiger partial charge in [0.15, 0.2) is 0 Å². The van der Waals surface area contributed by atoms with Gasteiger partial charge < -0.3 is 10.6 Å². The second-order valence-electron chi connectivity index (χ2n) is 4.83. The number of carbonyl (C=O) groups excluding carboxylic acids is 1. The Balaban J connectivity index is 2.03. The molecule has 5 nitrogen and oxygen atoms in total. The molecule has 1 unspecified atom stereocenters. The molecule has 21 heavy (non-hydrogen) atoms. The van der Waals surface area contributed by atoms with E-state index < -0.39 is 0 Å². The molecule has 1 amide bonds. The maximum Gasteiger partial charge on any atom is 0.251 e. The average molecular weight is 284 g/mol. The first-order valence-electron chi connectivity index (χ1n) is 7.11. The predicted octanol–water partition coefficient (Wildman–Crippen LogP) is 2.79. The summed E-state index contributed by atoms with van der Waals surface area (Å²) < 4.78 is 0. The van der Waals surface area contributed by atoms with E-state index in [1.807, 2.05) is 19.1 Å². The first-order chi connectivity index (χ1) is 10.2. The van der Waals surface area contributed by atoms with E-state index in [9.17, 15) is 4.79 Å². The number of hydrogen-bond donors (Lipinski definition) is 2. The van der Waals surface area contributed by atoms with Crippen LogP contribution < -0.4 is 10.6 Å². The van der Waals surface area contributed by atoms with Crippen LogP contribution in [0.2, 0.25) is 0 Å². The highest BCUT2D eigenvalue weighted by Gasteiger charge is 2.11. The fourth-order valence-electron chi connectivity index (χ4n) is 1.94. The van der Waals surface area contributed by atoms with E-state index in [2.05, 4.69) is 27.5 Å². The molecule has 0 aliphatic carbocycles. The lowest BCUT2D eigenvalue weighted by molar-refractivity contribution is 0.0940. The summed E-state index contributed by atoms with van der Waals surface area (Å²) in [5.41, 5.74) is 1.63. The molecule has 2 rings (SSSR count). The normalized spacial score (nSPS) is 11.7. The lowest BCUT2D eigenvalue weighted by Gasteiger charge is -2.14. The summed E-state index contributed by atoms with van der Waals surface area (Å²) in [6.45, 7) is 4.87. The largest absolute Gasteiger partial charge is 0.370 e. The van der Waals surface area contributed by atoms with Gasteiger partial charge in [0.05, 0.1) is 6.04 Å². The zero-order chi connectivity index (χ0) is 15.1. The number of pyridine rings is 2. The van der Waals surface area contributed by atoms with Gasteiger partial charge in [-0.1, -0.05) is 6.92 Å². The monoisotopic (exact) mass is 284 g/mol. The highest BCUT2D eigenvalue weighted by atomic mass is 16.1. The molecule has 2 aromatic heterocycles. The highest BCUT2D eigenvalue weighted by Crippen LogP contribution is 2.13. The maximum atomic E-state index is 12.3. The Kier molecular flexibility index (Phi) is 5.26. The Morgan fingerprint density at radius 3 is 2.71 bits per heavy atom. The average Bonchev–Trinajstić information content (AvgIpc) is 2.54. The van der Waals surface area contributed by atoms with Crippen molar-refractivity contribution in [2.45, 2.75) is 26.3 Å². The molecular weight excluding hydrogens is 264 g/mol. The molecule has 2 N–H and O–H groups in total. The number of nitrogens with one attached hydrogen (secondary N) is 2. The summed E-state index contributed by atoms with van der Waals surface area (Å²) >= 11 is 0. The minimum absolute atomic E-state index is 0.0688. The van der Waals surface area contributed by atoms with Gasteiger partial charge in [-0.05, 0) is 43.2 Å². The topological polar surface area (TPSA) is 66.9 Å². The third-order valence-electron chi connectivity index (χ3n) is 3.13. The molecular formula is C16H20N4O. The summed E-state index contributed by atoms with van der Waals surface area (Å²) in [5.74, 6) is 0.613. The number of nitrogens with zero attached hydrogens (tertiary/aromatic N) is 2. The molecule has 0 radical (unpaired) electrons. The van der Waals surface area contributed by atoms with Crippen LogP contribution in [-0.2, 0) is 0 Å². The minimum atomic E-state index is -0.110. The van der Waals surface area contributed by atoms with Gasteiger partial charge in [0.1, 0.15) is 5.82 Å². The Morgan fingerprint density at radius 1 is 1.24 bits per heavy atom. The van der Waals surface area contributed by atoms with Gasteiger partial charge in [-0.25, -0.2) is 4.98 Å². The number of rotatable bonds is 6. The Hall–Kier alpha value is -2.43. The zero-order valence-corrected chi connectivity index (χ0v) is 12.3. The van der Waals surface area contributed by atoms with Crippen molar-refractivity contribution in [1.82, 2.24) is 15.3 Å². The number of carbonyl (C=O) groups is 1. The molecule has 5 heteroatoms. The fraction of sp³-hybridized carbons (Fsp3) is 0.312. The van der Waals surface area contributed by atoms with Crippen molar-refractivity contribution in [2.24, 2.45) is 0 Å². The number of aromatic nitrogens is 2. The summed E-state index contributed by atoms with van der Waals surface area (Å²) in [5, 5.41) is 6.15. The summed E-state index contributed by atoms with van der Waals surface area (Å²) in [6.07, 6.45) is 6.09. The van der Waals surface area contributed by atoms with E-state index in [-0.39, 0.29) is 11.9 Å². The van der Waals surface area contributed by atoms with E-state index in [0.29, 0.717) is 5.56 Å². The summed E-state index contributed by atoms with van der Waals surface area (Å²) in [4.78, 5) is 20.4. The van der Waals surface area contributed by atoms with Crippen LogP contribution in [0.15, 0.2) is 42.9 Å². The quantitative estimate of drug-likeness (QED) is 0.856. The van der Waals surface area contributed by atoms with Gasteiger partial charge in [-0.3, -0.25) is 9.78 Å². The van der Waals surface area contributed by atoms with Crippen molar-refractivity contribution in [1.29, 1.82) is 0 Å². The van der Waals surface area contributed by atoms with Gasteiger partial charge in [0.25, 0.3) is 5.91 Å². The van der Waals surface area contributed by atoms with Gasteiger partial charge in [0.2, 0.25) is 0 Å². The highest BCUT2D eigenvalue weighted by molar-refractivity contribution is 5.95. The van der Waals surface area contributed by atoms with E-state index in [1.54, 1.807) is 30.7 Å². The second kappa shape index (κ2) is 7.38. The molecule has 1 atom stereocenters. The molecule has 0 aromatic carbocycles. The first kappa shape index (κ1) is 15.0. The fourth-order valence-corrected chi connectivity index (χ4v) is 1.94. The van der Waals surface area contributed by atoms with Crippen LogP contribution in [0, 0.1) is 0 Å². The second-order valence-corrected chi connectivity index (χ2v) is 4.83. The maximum absolute atomic E-state index is 12.3. The van der Waals surface area contributed by atoms with Crippen LogP contribution in [0.5, 0.6) is 0 Å². The van der Waals surface area contributed by atoms with Crippen LogP contribution in [0.25, 0.3) is 0 Å². The van der Waals surface area contributed by atoms with E-state index >= 15 is 0 Å². The molecule has 0 saturated heterocycles. The molecule has 110 valence electrons. The van der Waals surface area contributed by atoms with Gasteiger partial charge in [-0.2, -0.15) is 0 Å². The van der Waals surface area contributed by atoms with Crippen molar-refractivity contribution in [3.05, 3.63) is 54.0 Å². The summed E-state index contributed by atoms with van der Waals surface area (Å²) in [6, 6.07) is 7.20. The molecule has 0 aliphatic rings. The molecule has 0 aliphatic heterocycles. The van der Waals surface area contributed by atoms with Gasteiger partial charge in [0, 0.05) is 30.7 Å². The van der Waals surface area contributed by atoms with Crippen molar-refractivity contribution in [2.75, 3.05) is 11.9 Å². The standard InChI is InChI=1S/C16H20N4O/c1-3-7-18-15-11-14(6-10-19-15)16(21)20-12(2)13-4-8-17-9-5-13/h4-6,8-12H,3,7H2,1-2H3,(H,18,19)(H,20,21). The van der Waals surface area contributed by atoms with Crippen molar-refractivity contribution in [3.8, 4) is 0 Å². The van der Waals surface area contributed by atoms with Crippen LogP contribution in [-0.4, -0.2) is 22.4 Å². The Bertz CT molecular complexity index is 586. The van der Waals surface area contributed by atoms with Crippen molar-refractivity contribution < 1.29 is 4.79 Å². The SMILES string of the molecule is CCCNc1cc(C(=O)NC(C)c2ccncc2)ccn1. The van der Waals surface area contributed by atoms with E-state index in [4.69, 9.17) is 0 Å². The first-order valence-corrected chi connectivity index (χ1v) is 7.11. The minimum Gasteiger partial charge on any atom is -0.370 e. The zero-order valence-electron chi connectivity index (χ0n) is 12.3. The molecule has 0 fully saturated rings. The van der Waals surface area contributed by atoms with Crippen LogP contribution in [0.1, 0.15) is 42.2 Å². The van der Waals surface area contributed by atoms with Crippen molar-refractivity contribution in [3.63, 3.8) is 0 Å². The number of anilines is 1. The predicted molar refractivity (Wildman–Crippen MR) is 83.1 cm³/mol. The third-order valence-corrected chi connectivity index (χ3v) is 3.13. The number of amides is 1. The van der Waals surface area contributed by atoms with E-state index in [1.165, 1.54) is 0 Å². The lowest BCUT2D eigenvalue weighted by atomic mass is 10.1. The molecule has 2 aromatic rings. The summed E-state index contributed by atoms with van der Waals surface area (Å²) in [7, 11) is 0. The Morgan fingerprint density at radius 2 is 2.00 bits per heavy atom. The lowest BCUT2D eigenvalue weighted by Crippen LogP contribution is -2.26. The smallest absolute Gasteiger partial charge is 0.251 e. The van der Waals surface area contributed by atoms with Crippen LogP contribution in [0.4, 0.5) is 5.82 Å². The molecule has 0 saturated carbocycles. The molecule has 0 spiro atoms. The van der Waals surface area contributed by atoms with Crippen LogP contribution in [0.3, 0.4) is 0 Å². The number of hydrogen-bond acceptors (Lipinski definition) is 4. The van der Waals surface area contributed by atoms with E-state index in [0.717, 1.165) is 24.3 Å². The van der Waals surface area contributed by atoms with Gasteiger partial charge >= 0.3 is 0 Å². The Labute approximate surface area is 124 Å². The third kappa shape index (κ3) is 4.27. The molecule has 0 bridgehead atoms. The van der Waals surface area contributed by atoms with Gasteiger partial charge in [-0.15, -0.1) is 0 Å². The molecule has 2 heterocycles. The van der Waals surface area contributed by atoms with Crippen molar-refractivity contribution >= 4 is 11.7 Å². The van der Waals surface area contributed by atoms with Crippen LogP contribution >= 0.6 is 0 Å².